The Labute approximate surface area is 140 Å². The summed E-state index contributed by atoms with van der Waals surface area (Å²) in [5, 5.41) is 6.87. The number of benzene rings is 2. The average molecular weight is 347 g/mol. The fraction of sp³-hybridized carbons (Fsp3) is 0. The monoisotopic (exact) mass is 346 g/mol. The second-order valence-electron chi connectivity index (χ2n) is 4.61. The number of rotatable bonds is 4. The first-order valence-electron chi connectivity index (χ1n) is 6.48. The molecule has 0 fully saturated rings. The summed E-state index contributed by atoms with van der Waals surface area (Å²) in [7, 11) is 0. The van der Waals surface area contributed by atoms with E-state index >= 15 is 0 Å². The molecule has 0 aliphatic heterocycles. The molecule has 23 heavy (non-hydrogen) atoms. The molecule has 5 nitrogen and oxygen atoms in total. The van der Waals surface area contributed by atoms with Crippen molar-refractivity contribution in [3.8, 4) is 22.9 Å². The third-order valence-corrected chi connectivity index (χ3v) is 3.58. The van der Waals surface area contributed by atoms with Crippen LogP contribution in [0, 0.1) is 0 Å². The fourth-order valence-corrected chi connectivity index (χ4v) is 2.20. The molecule has 3 rings (SSSR count). The summed E-state index contributed by atoms with van der Waals surface area (Å²) in [4.78, 5) is 22.1. The Kier molecular flexibility index (Phi) is 4.23. The summed E-state index contributed by atoms with van der Waals surface area (Å²) in [5.74, 6) is 0.622. The second kappa shape index (κ2) is 6.32. The average Bonchev–Trinajstić information content (AvgIpc) is 3.05. The molecule has 0 bridgehead atoms. The minimum Gasteiger partial charge on any atom is -0.416 e. The van der Waals surface area contributed by atoms with Crippen molar-refractivity contribution >= 4 is 33.7 Å². The molecule has 0 N–H and O–H groups in total. The molecule has 0 spiro atoms. The third kappa shape index (κ3) is 3.31. The smallest absolute Gasteiger partial charge is 0.252 e. The molecule has 0 amide bonds. The van der Waals surface area contributed by atoms with Crippen LogP contribution in [0.15, 0.2) is 52.9 Å². The summed E-state index contributed by atoms with van der Waals surface area (Å²) < 4.78 is 5.60. The lowest BCUT2D eigenvalue weighted by Crippen LogP contribution is -1.87. The lowest BCUT2D eigenvalue weighted by Gasteiger charge is -1.97. The van der Waals surface area contributed by atoms with Gasteiger partial charge in [0.25, 0.3) is 10.5 Å². The van der Waals surface area contributed by atoms with Crippen molar-refractivity contribution in [2.75, 3.05) is 0 Å². The quantitative estimate of drug-likeness (QED) is 0.663. The van der Waals surface area contributed by atoms with E-state index in [9.17, 15) is 9.59 Å². The van der Waals surface area contributed by atoms with Crippen molar-refractivity contribution in [2.24, 2.45) is 0 Å². The minimum atomic E-state index is -0.531. The molecule has 7 heteroatoms. The molecule has 0 saturated heterocycles. The number of hydrogen-bond donors (Lipinski definition) is 0. The molecule has 2 aromatic carbocycles. The molecule has 0 saturated carbocycles. The Balaban J connectivity index is 1.87. The number of carbonyl (C=O) groups excluding carboxylic acids is 2. The normalized spacial score (nSPS) is 10.5. The third-order valence-electron chi connectivity index (χ3n) is 3.14. The van der Waals surface area contributed by atoms with Crippen LogP contribution in [0.3, 0.4) is 0 Å². The van der Waals surface area contributed by atoms with Gasteiger partial charge < -0.3 is 4.42 Å². The first kappa shape index (κ1) is 15.4. The van der Waals surface area contributed by atoms with E-state index in [1.807, 2.05) is 0 Å². The van der Waals surface area contributed by atoms with Gasteiger partial charge in [-0.1, -0.05) is 0 Å². The highest BCUT2D eigenvalue weighted by Gasteiger charge is 2.12. The summed E-state index contributed by atoms with van der Waals surface area (Å²) >= 11 is 10.8. The van der Waals surface area contributed by atoms with Gasteiger partial charge in [0.2, 0.25) is 11.8 Å². The van der Waals surface area contributed by atoms with E-state index in [1.54, 1.807) is 48.5 Å². The zero-order chi connectivity index (χ0) is 16.4. The van der Waals surface area contributed by atoms with Gasteiger partial charge >= 0.3 is 0 Å². The highest BCUT2D eigenvalue weighted by molar-refractivity contribution is 6.68. The number of carbonyl (C=O) groups is 2. The standard InChI is InChI=1S/C16H8Cl2N2O3/c17-13(21)9-1-5-11(6-2-9)15-19-20-16(23-15)12-7-3-10(4-8-12)14(18)22/h1-8H. The molecule has 0 radical (unpaired) electrons. The summed E-state index contributed by atoms with van der Waals surface area (Å²) in [6, 6.07) is 13.0. The van der Waals surface area contributed by atoms with Crippen molar-refractivity contribution < 1.29 is 14.0 Å². The Bertz CT molecular complexity index is 799. The first-order chi connectivity index (χ1) is 11.0. The molecule has 114 valence electrons. The number of aromatic nitrogens is 2. The van der Waals surface area contributed by atoms with Crippen LogP contribution in [-0.4, -0.2) is 20.7 Å². The number of nitrogens with zero attached hydrogens (tertiary/aromatic N) is 2. The van der Waals surface area contributed by atoms with Crippen LogP contribution in [0.2, 0.25) is 0 Å². The van der Waals surface area contributed by atoms with Gasteiger partial charge in [0.1, 0.15) is 0 Å². The van der Waals surface area contributed by atoms with Crippen molar-refractivity contribution in [3.63, 3.8) is 0 Å². The van der Waals surface area contributed by atoms with Crippen molar-refractivity contribution in [1.82, 2.24) is 10.2 Å². The molecule has 0 aliphatic rings. The van der Waals surface area contributed by atoms with Gasteiger partial charge in [-0.15, -0.1) is 10.2 Å². The Morgan fingerprint density at radius 2 is 1.04 bits per heavy atom. The SMILES string of the molecule is O=C(Cl)c1ccc(-c2nnc(-c3ccc(C(=O)Cl)cc3)o2)cc1. The first-order valence-corrected chi connectivity index (χ1v) is 7.24. The van der Waals surface area contributed by atoms with Crippen LogP contribution in [-0.2, 0) is 0 Å². The number of halogens is 2. The maximum Gasteiger partial charge on any atom is 0.252 e. The molecular formula is C16H8Cl2N2O3. The number of hydrogen-bond acceptors (Lipinski definition) is 5. The van der Waals surface area contributed by atoms with Crippen molar-refractivity contribution in [3.05, 3.63) is 59.7 Å². The Morgan fingerprint density at radius 1 is 0.696 bits per heavy atom. The molecule has 0 atom stereocenters. The predicted octanol–water partition coefficient (Wildman–Crippen LogP) is 4.16. The van der Waals surface area contributed by atoms with Gasteiger partial charge in [-0.05, 0) is 71.7 Å². The Hall–Kier alpha value is -2.50. The second-order valence-corrected chi connectivity index (χ2v) is 5.30. The van der Waals surface area contributed by atoms with E-state index in [1.165, 1.54) is 0 Å². The largest absolute Gasteiger partial charge is 0.416 e. The van der Waals surface area contributed by atoms with E-state index in [0.29, 0.717) is 34.0 Å². The van der Waals surface area contributed by atoms with Crippen LogP contribution in [0.4, 0.5) is 0 Å². The highest BCUT2D eigenvalue weighted by atomic mass is 35.5. The van der Waals surface area contributed by atoms with Gasteiger partial charge in [-0.2, -0.15) is 0 Å². The molecule has 0 unspecified atom stereocenters. The summed E-state index contributed by atoms with van der Waals surface area (Å²) in [6.07, 6.45) is 0. The lowest BCUT2D eigenvalue weighted by atomic mass is 10.1. The van der Waals surface area contributed by atoms with Crippen molar-refractivity contribution in [2.45, 2.75) is 0 Å². The van der Waals surface area contributed by atoms with E-state index in [0.717, 1.165) is 0 Å². The van der Waals surface area contributed by atoms with Crippen LogP contribution in [0.25, 0.3) is 22.9 Å². The van der Waals surface area contributed by atoms with Crippen LogP contribution < -0.4 is 0 Å². The highest BCUT2D eigenvalue weighted by Crippen LogP contribution is 2.24. The molecule has 1 heterocycles. The zero-order valence-electron chi connectivity index (χ0n) is 11.5. The topological polar surface area (TPSA) is 73.1 Å². The lowest BCUT2D eigenvalue weighted by molar-refractivity contribution is 0.107. The summed E-state index contributed by atoms with van der Waals surface area (Å²) in [5.41, 5.74) is 2.10. The van der Waals surface area contributed by atoms with Gasteiger partial charge in [-0.3, -0.25) is 9.59 Å². The van der Waals surface area contributed by atoms with E-state index in [2.05, 4.69) is 10.2 Å². The van der Waals surface area contributed by atoms with Gasteiger partial charge in [0, 0.05) is 22.3 Å². The van der Waals surface area contributed by atoms with Gasteiger partial charge in [-0.25, -0.2) is 0 Å². The van der Waals surface area contributed by atoms with Crippen molar-refractivity contribution in [1.29, 1.82) is 0 Å². The Morgan fingerprint density at radius 3 is 1.35 bits per heavy atom. The van der Waals surface area contributed by atoms with Crippen LogP contribution in [0.5, 0.6) is 0 Å². The van der Waals surface area contributed by atoms with Crippen LogP contribution in [0.1, 0.15) is 20.7 Å². The minimum absolute atomic E-state index is 0.311. The van der Waals surface area contributed by atoms with Gasteiger partial charge in [0.05, 0.1) is 0 Å². The maximum absolute atomic E-state index is 11.0. The molecule has 0 aliphatic carbocycles. The van der Waals surface area contributed by atoms with E-state index in [-0.39, 0.29) is 0 Å². The van der Waals surface area contributed by atoms with Gasteiger partial charge in [0.15, 0.2) is 0 Å². The predicted molar refractivity (Wildman–Crippen MR) is 85.5 cm³/mol. The summed E-state index contributed by atoms with van der Waals surface area (Å²) in [6.45, 7) is 0. The zero-order valence-corrected chi connectivity index (χ0v) is 13.0. The molecular weight excluding hydrogens is 339 g/mol. The van der Waals surface area contributed by atoms with E-state index in [4.69, 9.17) is 27.6 Å². The van der Waals surface area contributed by atoms with E-state index < -0.39 is 10.5 Å². The molecule has 1 aromatic heterocycles. The fourth-order valence-electron chi connectivity index (χ4n) is 1.94. The maximum atomic E-state index is 11.0. The molecule has 3 aromatic rings. The van der Waals surface area contributed by atoms with Crippen LogP contribution >= 0.6 is 23.2 Å².